The number of anilines is 2. The molecule has 178 valence electrons. The van der Waals surface area contributed by atoms with Gasteiger partial charge in [0.15, 0.2) is 0 Å². The van der Waals surface area contributed by atoms with Gasteiger partial charge in [0.25, 0.3) is 11.1 Å². The number of hydrogen-bond acceptors (Lipinski definition) is 7. The van der Waals surface area contributed by atoms with Gasteiger partial charge in [0, 0.05) is 22.2 Å². The predicted octanol–water partition coefficient (Wildman–Crippen LogP) is 4.42. The molecular formula is C23H21I2N3O5S. The number of carbonyl (C=O) groups is 3. The van der Waals surface area contributed by atoms with E-state index < -0.39 is 17.1 Å². The number of thioether (sulfide) groups is 1. The molecule has 8 nitrogen and oxygen atoms in total. The van der Waals surface area contributed by atoms with Crippen molar-refractivity contribution in [1.29, 1.82) is 0 Å². The molecule has 0 atom stereocenters. The number of benzene rings is 2. The van der Waals surface area contributed by atoms with E-state index >= 15 is 0 Å². The fourth-order valence-electron chi connectivity index (χ4n) is 3.67. The van der Waals surface area contributed by atoms with Crippen LogP contribution in [0.1, 0.15) is 5.56 Å². The molecule has 3 amide bonds. The standard InChI is InChI=1S/C23H21I2N3O5S/c1-32-21-14(10-15(24)12-16(21)25)11-19-22(30)28(23(31)34-19)13-20(29)26-17-4-2-3-5-18(17)27-6-8-33-9-7-27/h2-5,10-12H,6-9,13H2,1H3,(H,26,29)/b19-11+. The second-order valence-electron chi connectivity index (χ2n) is 7.44. The van der Waals surface area contributed by atoms with Gasteiger partial charge in [0.05, 0.1) is 40.2 Å². The first-order chi connectivity index (χ1) is 16.4. The quantitative estimate of drug-likeness (QED) is 0.352. The Bertz CT molecular complexity index is 1170. The summed E-state index contributed by atoms with van der Waals surface area (Å²) in [6.45, 7) is 2.33. The average Bonchev–Trinajstić information content (AvgIpc) is 3.07. The van der Waals surface area contributed by atoms with Gasteiger partial charge >= 0.3 is 0 Å². The minimum absolute atomic E-state index is 0.252. The van der Waals surface area contributed by atoms with Gasteiger partial charge in [-0.25, -0.2) is 0 Å². The summed E-state index contributed by atoms with van der Waals surface area (Å²) in [6, 6.07) is 11.3. The smallest absolute Gasteiger partial charge is 0.294 e. The van der Waals surface area contributed by atoms with E-state index in [1.165, 1.54) is 0 Å². The number of nitrogens with zero attached hydrogens (tertiary/aromatic N) is 2. The van der Waals surface area contributed by atoms with Crippen LogP contribution in [-0.4, -0.2) is 61.9 Å². The van der Waals surface area contributed by atoms with Crippen LogP contribution in [0.2, 0.25) is 0 Å². The molecule has 2 aromatic rings. The Morgan fingerprint density at radius 2 is 1.94 bits per heavy atom. The Balaban J connectivity index is 1.49. The van der Waals surface area contributed by atoms with Gasteiger partial charge in [-0.05, 0) is 87.3 Å². The SMILES string of the molecule is COc1c(I)cc(I)cc1/C=C1/SC(=O)N(CC(=O)Nc2ccccc2N2CCOCC2)C1=O. The van der Waals surface area contributed by atoms with Crippen LogP contribution in [-0.2, 0) is 14.3 Å². The first-order valence-electron chi connectivity index (χ1n) is 10.4. The van der Waals surface area contributed by atoms with Crippen molar-refractivity contribution in [2.24, 2.45) is 0 Å². The number of rotatable bonds is 6. The summed E-state index contributed by atoms with van der Waals surface area (Å²) in [5.41, 5.74) is 2.22. The Hall–Kier alpha value is -1.84. The fourth-order valence-corrected chi connectivity index (χ4v) is 6.61. The van der Waals surface area contributed by atoms with Crippen molar-refractivity contribution in [1.82, 2.24) is 4.90 Å². The first-order valence-corrected chi connectivity index (χ1v) is 13.3. The first kappa shape index (κ1) is 25.3. The van der Waals surface area contributed by atoms with Crippen molar-refractivity contribution in [3.63, 3.8) is 0 Å². The molecule has 0 aliphatic carbocycles. The third-order valence-corrected chi connectivity index (χ3v) is 7.56. The second kappa shape index (κ2) is 11.3. The highest BCUT2D eigenvalue weighted by Gasteiger charge is 2.36. The minimum atomic E-state index is -0.498. The Morgan fingerprint density at radius 1 is 1.21 bits per heavy atom. The maximum atomic E-state index is 13.0. The number of imide groups is 1. The Labute approximate surface area is 228 Å². The van der Waals surface area contributed by atoms with E-state index in [1.54, 1.807) is 19.3 Å². The molecule has 11 heteroatoms. The monoisotopic (exact) mass is 705 g/mol. The summed E-state index contributed by atoms with van der Waals surface area (Å²) in [5, 5.41) is 2.38. The highest BCUT2D eigenvalue weighted by atomic mass is 127. The molecule has 2 saturated heterocycles. The average molecular weight is 705 g/mol. The van der Waals surface area contributed by atoms with E-state index in [4.69, 9.17) is 9.47 Å². The van der Waals surface area contributed by atoms with E-state index in [0.29, 0.717) is 30.2 Å². The molecule has 2 aromatic carbocycles. The largest absolute Gasteiger partial charge is 0.495 e. The normalized spacial score (nSPS) is 17.4. The summed E-state index contributed by atoms with van der Waals surface area (Å²) in [5.74, 6) is -0.307. The maximum absolute atomic E-state index is 13.0. The van der Waals surface area contributed by atoms with Crippen LogP contribution in [0.3, 0.4) is 0 Å². The van der Waals surface area contributed by atoms with Crippen LogP contribution in [0.4, 0.5) is 16.2 Å². The third-order valence-electron chi connectivity index (χ3n) is 5.23. The number of carbonyl (C=O) groups excluding carboxylic acids is 3. The molecule has 4 rings (SSSR count). The Kier molecular flexibility index (Phi) is 8.37. The second-order valence-corrected chi connectivity index (χ2v) is 10.8. The van der Waals surface area contributed by atoms with Gasteiger partial charge in [0.1, 0.15) is 12.3 Å². The van der Waals surface area contributed by atoms with Gasteiger partial charge in [-0.15, -0.1) is 0 Å². The summed E-state index contributed by atoms with van der Waals surface area (Å²) in [4.78, 5) is 41.7. The summed E-state index contributed by atoms with van der Waals surface area (Å²) in [6.07, 6.45) is 1.64. The summed E-state index contributed by atoms with van der Waals surface area (Å²) >= 11 is 5.17. The van der Waals surface area contributed by atoms with Crippen molar-refractivity contribution in [3.8, 4) is 5.75 Å². The summed E-state index contributed by atoms with van der Waals surface area (Å²) < 4.78 is 12.8. The molecule has 1 N–H and O–H groups in total. The zero-order valence-electron chi connectivity index (χ0n) is 18.2. The molecule has 0 aromatic heterocycles. The van der Waals surface area contributed by atoms with E-state index in [1.807, 2.05) is 30.3 Å². The van der Waals surface area contributed by atoms with E-state index in [-0.39, 0.29) is 11.4 Å². The van der Waals surface area contributed by atoms with Crippen LogP contribution in [0.5, 0.6) is 5.75 Å². The molecule has 0 saturated carbocycles. The number of amides is 3. The lowest BCUT2D eigenvalue weighted by molar-refractivity contribution is -0.127. The lowest BCUT2D eigenvalue weighted by atomic mass is 10.2. The zero-order valence-corrected chi connectivity index (χ0v) is 23.3. The molecule has 0 unspecified atom stereocenters. The van der Waals surface area contributed by atoms with Crippen molar-refractivity contribution in [2.75, 3.05) is 50.2 Å². The summed E-state index contributed by atoms with van der Waals surface area (Å²) in [7, 11) is 1.56. The van der Waals surface area contributed by atoms with Crippen molar-refractivity contribution in [3.05, 3.63) is 54.0 Å². The maximum Gasteiger partial charge on any atom is 0.294 e. The predicted molar refractivity (Wildman–Crippen MR) is 149 cm³/mol. The van der Waals surface area contributed by atoms with Crippen LogP contribution >= 0.6 is 56.9 Å². The molecule has 2 heterocycles. The number of nitrogens with one attached hydrogen (secondary N) is 1. The molecule has 34 heavy (non-hydrogen) atoms. The lowest BCUT2D eigenvalue weighted by Crippen LogP contribution is -2.38. The molecule has 2 fully saturated rings. The number of methoxy groups -OCH3 is 1. The topological polar surface area (TPSA) is 88.2 Å². The highest BCUT2D eigenvalue weighted by Crippen LogP contribution is 2.36. The number of ether oxygens (including phenoxy) is 2. The van der Waals surface area contributed by atoms with E-state index in [0.717, 1.165) is 42.6 Å². The lowest BCUT2D eigenvalue weighted by Gasteiger charge is -2.30. The van der Waals surface area contributed by atoms with Gasteiger partial charge in [-0.3, -0.25) is 19.3 Å². The number of hydrogen-bond donors (Lipinski definition) is 1. The third kappa shape index (κ3) is 5.69. The van der Waals surface area contributed by atoms with Crippen molar-refractivity contribution < 1.29 is 23.9 Å². The molecular weight excluding hydrogens is 684 g/mol. The number of halogens is 2. The van der Waals surface area contributed by atoms with Crippen LogP contribution < -0.4 is 15.0 Å². The molecule has 0 radical (unpaired) electrons. The van der Waals surface area contributed by atoms with Gasteiger partial charge in [0.2, 0.25) is 5.91 Å². The van der Waals surface area contributed by atoms with Crippen LogP contribution in [0.25, 0.3) is 6.08 Å². The molecule has 0 spiro atoms. The van der Waals surface area contributed by atoms with E-state index in [2.05, 4.69) is 55.4 Å². The Morgan fingerprint density at radius 3 is 2.68 bits per heavy atom. The fraction of sp³-hybridized carbons (Fsp3) is 0.261. The number of para-hydroxylation sites is 2. The molecule has 0 bridgehead atoms. The van der Waals surface area contributed by atoms with Crippen LogP contribution in [0.15, 0.2) is 41.3 Å². The van der Waals surface area contributed by atoms with E-state index in [9.17, 15) is 14.4 Å². The van der Waals surface area contributed by atoms with Crippen molar-refractivity contribution >= 4 is 91.4 Å². The van der Waals surface area contributed by atoms with Crippen LogP contribution in [0, 0.1) is 7.14 Å². The van der Waals surface area contributed by atoms with Crippen molar-refractivity contribution in [2.45, 2.75) is 0 Å². The van der Waals surface area contributed by atoms with Gasteiger partial charge < -0.3 is 19.7 Å². The highest BCUT2D eigenvalue weighted by molar-refractivity contribution is 14.1. The molecule has 2 aliphatic rings. The zero-order chi connectivity index (χ0) is 24.2. The number of morpholine rings is 1. The minimum Gasteiger partial charge on any atom is -0.495 e. The van der Waals surface area contributed by atoms with Gasteiger partial charge in [-0.2, -0.15) is 0 Å². The van der Waals surface area contributed by atoms with Gasteiger partial charge in [-0.1, -0.05) is 12.1 Å². The molecule has 2 aliphatic heterocycles.